The summed E-state index contributed by atoms with van der Waals surface area (Å²) in [7, 11) is 0. The molecule has 0 aliphatic carbocycles. The first-order valence-electron chi connectivity index (χ1n) is 5.64. The zero-order valence-electron chi connectivity index (χ0n) is 9.77. The average Bonchev–Trinajstić information content (AvgIpc) is 2.38. The van der Waals surface area contributed by atoms with Gasteiger partial charge in [-0.1, -0.05) is 24.3 Å². The molecule has 0 amide bonds. The lowest BCUT2D eigenvalue weighted by Crippen LogP contribution is -2.07. The molecule has 0 spiro atoms. The highest BCUT2D eigenvalue weighted by Gasteiger charge is 2.13. The van der Waals surface area contributed by atoms with Crippen molar-refractivity contribution in [3.8, 4) is 0 Å². The molecule has 0 saturated heterocycles. The van der Waals surface area contributed by atoms with E-state index in [4.69, 9.17) is 4.42 Å². The van der Waals surface area contributed by atoms with Crippen molar-refractivity contribution < 1.29 is 9.21 Å². The Balaban J connectivity index is 2.61. The molecule has 0 aliphatic heterocycles. The van der Waals surface area contributed by atoms with E-state index in [0.29, 0.717) is 27.5 Å². The Bertz CT molecular complexity index is 828. The minimum Gasteiger partial charge on any atom is -0.456 e. The number of hydrogen-bond acceptors (Lipinski definition) is 3. The van der Waals surface area contributed by atoms with Gasteiger partial charge in [0.25, 0.3) is 0 Å². The van der Waals surface area contributed by atoms with Gasteiger partial charge in [-0.3, -0.25) is 9.59 Å². The maximum Gasteiger partial charge on any atom is 0.201 e. The Labute approximate surface area is 103 Å². The zero-order chi connectivity index (χ0) is 12.7. The van der Waals surface area contributed by atoms with Gasteiger partial charge in [-0.15, -0.1) is 0 Å². The SMILES string of the molecule is CC(=O)c1cccc2oc3ccccc3c(=O)c12. The van der Waals surface area contributed by atoms with E-state index in [2.05, 4.69) is 0 Å². The van der Waals surface area contributed by atoms with Crippen LogP contribution in [0, 0.1) is 0 Å². The van der Waals surface area contributed by atoms with Crippen LogP contribution in [-0.2, 0) is 0 Å². The summed E-state index contributed by atoms with van der Waals surface area (Å²) in [5, 5.41) is 0.863. The summed E-state index contributed by atoms with van der Waals surface area (Å²) in [5.74, 6) is -0.136. The lowest BCUT2D eigenvalue weighted by atomic mass is 10.0. The second-order valence-electron chi connectivity index (χ2n) is 4.16. The van der Waals surface area contributed by atoms with Gasteiger partial charge in [-0.05, 0) is 25.1 Å². The van der Waals surface area contributed by atoms with Crippen molar-refractivity contribution in [3.05, 3.63) is 58.3 Å². The molecule has 3 aromatic rings. The normalized spacial score (nSPS) is 10.9. The monoisotopic (exact) mass is 238 g/mol. The number of ketones is 1. The summed E-state index contributed by atoms with van der Waals surface area (Å²) < 4.78 is 5.67. The fourth-order valence-electron chi connectivity index (χ4n) is 2.14. The predicted molar refractivity (Wildman–Crippen MR) is 70.0 cm³/mol. The summed E-state index contributed by atoms with van der Waals surface area (Å²) in [6.07, 6.45) is 0. The number of rotatable bonds is 1. The Morgan fingerprint density at radius 3 is 2.50 bits per heavy atom. The van der Waals surface area contributed by atoms with Gasteiger partial charge in [0.15, 0.2) is 5.78 Å². The van der Waals surface area contributed by atoms with Crippen LogP contribution in [0.3, 0.4) is 0 Å². The lowest BCUT2D eigenvalue weighted by Gasteiger charge is -2.04. The number of para-hydroxylation sites is 1. The summed E-state index contributed by atoms with van der Waals surface area (Å²) in [6.45, 7) is 1.45. The highest BCUT2D eigenvalue weighted by atomic mass is 16.3. The molecule has 0 fully saturated rings. The second kappa shape index (κ2) is 3.81. The lowest BCUT2D eigenvalue weighted by molar-refractivity contribution is 0.101. The Kier molecular flexibility index (Phi) is 2.27. The Morgan fingerprint density at radius 1 is 1.00 bits per heavy atom. The largest absolute Gasteiger partial charge is 0.456 e. The summed E-state index contributed by atoms with van der Waals surface area (Å²) in [4.78, 5) is 24.0. The quantitative estimate of drug-likeness (QED) is 0.483. The standard InChI is InChI=1S/C15H10O3/c1-9(16)10-6-4-8-13-14(10)15(17)11-5-2-3-7-12(11)18-13/h2-8H,1H3. The number of fused-ring (bicyclic) bond motifs is 2. The van der Waals surface area contributed by atoms with Gasteiger partial charge < -0.3 is 4.42 Å². The van der Waals surface area contributed by atoms with Crippen LogP contribution in [0.2, 0.25) is 0 Å². The molecule has 88 valence electrons. The fourth-order valence-corrected chi connectivity index (χ4v) is 2.14. The van der Waals surface area contributed by atoms with Gasteiger partial charge in [-0.2, -0.15) is 0 Å². The van der Waals surface area contributed by atoms with Gasteiger partial charge in [0, 0.05) is 5.56 Å². The molecule has 0 radical (unpaired) electrons. The first-order valence-corrected chi connectivity index (χ1v) is 5.64. The molecule has 1 aromatic heterocycles. The molecule has 18 heavy (non-hydrogen) atoms. The molecule has 1 heterocycles. The van der Waals surface area contributed by atoms with Crippen molar-refractivity contribution in [1.29, 1.82) is 0 Å². The summed E-state index contributed by atoms with van der Waals surface area (Å²) >= 11 is 0. The Morgan fingerprint density at radius 2 is 1.72 bits per heavy atom. The number of benzene rings is 2. The Hall–Kier alpha value is -2.42. The molecule has 2 aromatic carbocycles. The maximum atomic E-state index is 12.4. The van der Waals surface area contributed by atoms with E-state index in [9.17, 15) is 9.59 Å². The molecule has 0 unspecified atom stereocenters. The molecule has 0 bridgehead atoms. The van der Waals surface area contributed by atoms with E-state index in [1.54, 1.807) is 36.4 Å². The van der Waals surface area contributed by atoms with Crippen LogP contribution in [0.5, 0.6) is 0 Å². The van der Waals surface area contributed by atoms with Gasteiger partial charge >= 0.3 is 0 Å². The van der Waals surface area contributed by atoms with Crippen molar-refractivity contribution in [2.75, 3.05) is 0 Å². The molecule has 0 N–H and O–H groups in total. The first-order chi connectivity index (χ1) is 8.68. The molecule has 0 atom stereocenters. The van der Waals surface area contributed by atoms with Crippen molar-refractivity contribution in [3.63, 3.8) is 0 Å². The van der Waals surface area contributed by atoms with E-state index in [1.807, 2.05) is 6.07 Å². The number of Topliss-reactive ketones (excluding diaryl/α,β-unsaturated/α-hetero) is 1. The van der Waals surface area contributed by atoms with Crippen molar-refractivity contribution in [2.45, 2.75) is 6.92 Å². The van der Waals surface area contributed by atoms with Gasteiger partial charge in [0.2, 0.25) is 5.43 Å². The van der Waals surface area contributed by atoms with E-state index in [-0.39, 0.29) is 11.2 Å². The van der Waals surface area contributed by atoms with Gasteiger partial charge in [0.1, 0.15) is 11.2 Å². The molecule has 0 saturated carbocycles. The van der Waals surface area contributed by atoms with Crippen LogP contribution in [0.1, 0.15) is 17.3 Å². The van der Waals surface area contributed by atoms with E-state index in [1.165, 1.54) is 6.92 Å². The van der Waals surface area contributed by atoms with Gasteiger partial charge in [0.05, 0.1) is 10.8 Å². The number of carbonyl (C=O) groups is 1. The fraction of sp³-hybridized carbons (Fsp3) is 0.0667. The van der Waals surface area contributed by atoms with E-state index in [0.717, 1.165) is 0 Å². The third-order valence-corrected chi connectivity index (χ3v) is 2.98. The third kappa shape index (κ3) is 1.44. The van der Waals surface area contributed by atoms with Crippen LogP contribution in [0.15, 0.2) is 51.7 Å². The van der Waals surface area contributed by atoms with Crippen LogP contribution in [0.4, 0.5) is 0 Å². The number of carbonyl (C=O) groups excluding carboxylic acids is 1. The number of hydrogen-bond donors (Lipinski definition) is 0. The topological polar surface area (TPSA) is 47.3 Å². The van der Waals surface area contributed by atoms with Crippen molar-refractivity contribution in [2.24, 2.45) is 0 Å². The van der Waals surface area contributed by atoms with Crippen molar-refractivity contribution in [1.82, 2.24) is 0 Å². The molecule has 0 aliphatic rings. The molecular formula is C15H10O3. The minimum atomic E-state index is -0.155. The highest BCUT2D eigenvalue weighted by Crippen LogP contribution is 2.21. The molecule has 3 heteroatoms. The minimum absolute atomic E-state index is 0.136. The molecule has 3 nitrogen and oxygen atoms in total. The summed E-state index contributed by atoms with van der Waals surface area (Å²) in [5.41, 5.74) is 1.24. The van der Waals surface area contributed by atoms with Crippen molar-refractivity contribution >= 4 is 27.7 Å². The predicted octanol–water partition coefficient (Wildman–Crippen LogP) is 3.15. The van der Waals surface area contributed by atoms with Crippen LogP contribution in [0.25, 0.3) is 21.9 Å². The molecular weight excluding hydrogens is 228 g/mol. The van der Waals surface area contributed by atoms with E-state index < -0.39 is 0 Å². The average molecular weight is 238 g/mol. The van der Waals surface area contributed by atoms with Crippen LogP contribution >= 0.6 is 0 Å². The zero-order valence-corrected chi connectivity index (χ0v) is 9.77. The highest BCUT2D eigenvalue weighted by molar-refractivity contribution is 6.07. The van der Waals surface area contributed by atoms with Crippen LogP contribution in [-0.4, -0.2) is 5.78 Å². The summed E-state index contributed by atoms with van der Waals surface area (Å²) in [6, 6.07) is 12.1. The first kappa shape index (κ1) is 10.7. The van der Waals surface area contributed by atoms with E-state index >= 15 is 0 Å². The maximum absolute atomic E-state index is 12.4. The van der Waals surface area contributed by atoms with Crippen LogP contribution < -0.4 is 5.43 Å². The third-order valence-electron chi connectivity index (χ3n) is 2.98. The van der Waals surface area contributed by atoms with Gasteiger partial charge in [-0.25, -0.2) is 0 Å². The molecule has 3 rings (SSSR count). The smallest absolute Gasteiger partial charge is 0.201 e. The second-order valence-corrected chi connectivity index (χ2v) is 4.16.